The zero-order valence-corrected chi connectivity index (χ0v) is 8.24. The van der Waals surface area contributed by atoms with E-state index in [9.17, 15) is 0 Å². The topological polar surface area (TPSA) is 17.3 Å². The van der Waals surface area contributed by atoms with Crippen LogP contribution in [-0.2, 0) is 0 Å². The Bertz CT molecular complexity index is 356. The van der Waals surface area contributed by atoms with Crippen LogP contribution < -0.4 is 0 Å². The molecule has 0 unspecified atom stereocenters. The zero-order chi connectivity index (χ0) is 7.84. The summed E-state index contributed by atoms with van der Waals surface area (Å²) in [7, 11) is 0. The van der Waals surface area contributed by atoms with E-state index < -0.39 is 0 Å². The van der Waals surface area contributed by atoms with Crippen LogP contribution in [0.15, 0.2) is 24.5 Å². The van der Waals surface area contributed by atoms with E-state index in [2.05, 4.69) is 51.0 Å². The standard InChI is InChI=1S/C8H7IN2/c1-6-2-3-7(9)11-5-4-10-8(6)11/h2-5H,1H3. The Balaban J connectivity index is 2.96. The molecule has 0 aliphatic rings. The molecule has 11 heavy (non-hydrogen) atoms. The van der Waals surface area contributed by atoms with E-state index in [-0.39, 0.29) is 0 Å². The van der Waals surface area contributed by atoms with Gasteiger partial charge in [-0.2, -0.15) is 0 Å². The predicted octanol–water partition coefficient (Wildman–Crippen LogP) is 2.25. The van der Waals surface area contributed by atoms with Crippen molar-refractivity contribution in [3.63, 3.8) is 0 Å². The van der Waals surface area contributed by atoms with Gasteiger partial charge in [-0.3, -0.25) is 4.40 Å². The highest BCUT2D eigenvalue weighted by atomic mass is 127. The third-order valence-corrected chi connectivity index (χ3v) is 2.57. The first kappa shape index (κ1) is 7.09. The van der Waals surface area contributed by atoms with Crippen molar-refractivity contribution in [2.45, 2.75) is 6.92 Å². The maximum absolute atomic E-state index is 4.24. The van der Waals surface area contributed by atoms with Gasteiger partial charge in [0.05, 0.1) is 3.70 Å². The van der Waals surface area contributed by atoms with Gasteiger partial charge < -0.3 is 0 Å². The van der Waals surface area contributed by atoms with Crippen LogP contribution in [0.5, 0.6) is 0 Å². The number of rotatable bonds is 0. The molecule has 0 aliphatic heterocycles. The molecule has 3 heteroatoms. The molecule has 0 bridgehead atoms. The van der Waals surface area contributed by atoms with Gasteiger partial charge in [0.25, 0.3) is 0 Å². The molecule has 2 aromatic heterocycles. The molecule has 0 aliphatic carbocycles. The van der Waals surface area contributed by atoms with Gasteiger partial charge in [-0.25, -0.2) is 4.98 Å². The lowest BCUT2D eigenvalue weighted by Crippen LogP contribution is -1.90. The number of hydrogen-bond donors (Lipinski definition) is 0. The molecule has 2 heterocycles. The Kier molecular flexibility index (Phi) is 1.60. The molecule has 0 atom stereocenters. The van der Waals surface area contributed by atoms with E-state index in [1.807, 2.05) is 12.4 Å². The van der Waals surface area contributed by atoms with Crippen molar-refractivity contribution in [2.75, 3.05) is 0 Å². The Morgan fingerprint density at radius 2 is 2.27 bits per heavy atom. The summed E-state index contributed by atoms with van der Waals surface area (Å²) in [5, 5.41) is 0. The normalized spacial score (nSPS) is 10.7. The number of aryl methyl sites for hydroxylation is 1. The van der Waals surface area contributed by atoms with Gasteiger partial charge in [-0.1, -0.05) is 6.07 Å². The molecule has 2 rings (SSSR count). The Morgan fingerprint density at radius 3 is 3.00 bits per heavy atom. The van der Waals surface area contributed by atoms with Gasteiger partial charge in [0, 0.05) is 12.4 Å². The Morgan fingerprint density at radius 1 is 1.45 bits per heavy atom. The van der Waals surface area contributed by atoms with Gasteiger partial charge >= 0.3 is 0 Å². The minimum atomic E-state index is 1.05. The average molecular weight is 258 g/mol. The summed E-state index contributed by atoms with van der Waals surface area (Å²) >= 11 is 2.29. The lowest BCUT2D eigenvalue weighted by molar-refractivity contribution is 1.12. The van der Waals surface area contributed by atoms with Crippen molar-refractivity contribution < 1.29 is 0 Å². The van der Waals surface area contributed by atoms with E-state index in [1.54, 1.807) is 0 Å². The molecule has 2 aromatic rings. The molecule has 56 valence electrons. The maximum Gasteiger partial charge on any atom is 0.140 e. The summed E-state index contributed by atoms with van der Waals surface area (Å²) in [4.78, 5) is 4.24. The predicted molar refractivity (Wildman–Crippen MR) is 52.6 cm³/mol. The van der Waals surface area contributed by atoms with E-state index >= 15 is 0 Å². The minimum Gasteiger partial charge on any atom is -0.294 e. The number of imidazole rings is 1. The first-order chi connectivity index (χ1) is 5.29. The van der Waals surface area contributed by atoms with E-state index in [0.29, 0.717) is 0 Å². The van der Waals surface area contributed by atoms with Crippen LogP contribution >= 0.6 is 22.6 Å². The number of fused-ring (bicyclic) bond motifs is 1. The molecule has 0 N–H and O–H groups in total. The summed E-state index contributed by atoms with van der Waals surface area (Å²) in [6.07, 6.45) is 3.80. The molecule has 0 amide bonds. The van der Waals surface area contributed by atoms with Crippen molar-refractivity contribution in [1.29, 1.82) is 0 Å². The Labute approximate surface area is 78.4 Å². The van der Waals surface area contributed by atoms with Gasteiger partial charge in [0.2, 0.25) is 0 Å². The van der Waals surface area contributed by atoms with Crippen molar-refractivity contribution in [3.8, 4) is 0 Å². The van der Waals surface area contributed by atoms with E-state index in [1.165, 1.54) is 9.26 Å². The fourth-order valence-electron chi connectivity index (χ4n) is 1.12. The lowest BCUT2D eigenvalue weighted by atomic mass is 10.3. The van der Waals surface area contributed by atoms with Crippen molar-refractivity contribution >= 4 is 28.2 Å². The number of nitrogens with zero attached hydrogens (tertiary/aromatic N) is 2. The number of halogens is 1. The molecular formula is C8H7IN2. The minimum absolute atomic E-state index is 1.05. The highest BCUT2D eigenvalue weighted by Gasteiger charge is 1.99. The average Bonchev–Trinajstić information content (AvgIpc) is 2.45. The summed E-state index contributed by atoms with van der Waals surface area (Å²) < 4.78 is 3.27. The van der Waals surface area contributed by atoms with Gasteiger partial charge in [0.1, 0.15) is 5.65 Å². The number of hydrogen-bond acceptors (Lipinski definition) is 1. The highest BCUT2D eigenvalue weighted by molar-refractivity contribution is 14.1. The summed E-state index contributed by atoms with van der Waals surface area (Å²) in [5.41, 5.74) is 2.27. The molecule has 0 spiro atoms. The van der Waals surface area contributed by atoms with Crippen LogP contribution in [0, 0.1) is 10.6 Å². The monoisotopic (exact) mass is 258 g/mol. The largest absolute Gasteiger partial charge is 0.294 e. The van der Waals surface area contributed by atoms with Gasteiger partial charge in [0.15, 0.2) is 0 Å². The molecule has 0 aromatic carbocycles. The summed E-state index contributed by atoms with van der Waals surface area (Å²) in [6, 6.07) is 4.18. The highest BCUT2D eigenvalue weighted by Crippen LogP contribution is 2.12. The SMILES string of the molecule is Cc1ccc(I)n2ccnc12. The third-order valence-electron chi connectivity index (χ3n) is 1.69. The zero-order valence-electron chi connectivity index (χ0n) is 6.08. The number of pyridine rings is 1. The second-order valence-corrected chi connectivity index (χ2v) is 3.57. The Hall–Kier alpha value is -0.580. The maximum atomic E-state index is 4.24. The van der Waals surface area contributed by atoms with Crippen molar-refractivity contribution in [3.05, 3.63) is 33.8 Å². The lowest BCUT2D eigenvalue weighted by Gasteiger charge is -1.99. The molecule has 0 saturated carbocycles. The molecule has 0 radical (unpaired) electrons. The van der Waals surface area contributed by atoms with Crippen LogP contribution in [0.1, 0.15) is 5.56 Å². The molecule has 0 fully saturated rings. The summed E-state index contributed by atoms with van der Waals surface area (Å²) in [5.74, 6) is 0. The van der Waals surface area contributed by atoms with Crippen molar-refractivity contribution in [1.82, 2.24) is 9.38 Å². The number of aromatic nitrogens is 2. The van der Waals surface area contributed by atoms with E-state index in [4.69, 9.17) is 0 Å². The van der Waals surface area contributed by atoms with Gasteiger partial charge in [-0.05, 0) is 41.1 Å². The second-order valence-electron chi connectivity index (χ2n) is 2.46. The quantitative estimate of drug-likeness (QED) is 0.523. The second kappa shape index (κ2) is 2.48. The first-order valence-electron chi connectivity index (χ1n) is 3.37. The first-order valence-corrected chi connectivity index (χ1v) is 4.45. The fraction of sp³-hybridized carbons (Fsp3) is 0.125. The third kappa shape index (κ3) is 1.03. The van der Waals surface area contributed by atoms with Crippen LogP contribution in [0.3, 0.4) is 0 Å². The molecular weight excluding hydrogens is 251 g/mol. The van der Waals surface area contributed by atoms with Crippen LogP contribution in [0.2, 0.25) is 0 Å². The fourth-order valence-corrected chi connectivity index (χ4v) is 1.69. The van der Waals surface area contributed by atoms with Crippen LogP contribution in [0.25, 0.3) is 5.65 Å². The van der Waals surface area contributed by atoms with E-state index in [0.717, 1.165) is 5.65 Å². The summed E-state index contributed by atoms with van der Waals surface area (Å²) in [6.45, 7) is 2.07. The molecule has 0 saturated heterocycles. The van der Waals surface area contributed by atoms with Crippen molar-refractivity contribution in [2.24, 2.45) is 0 Å². The van der Waals surface area contributed by atoms with Crippen LogP contribution in [-0.4, -0.2) is 9.38 Å². The smallest absolute Gasteiger partial charge is 0.140 e. The van der Waals surface area contributed by atoms with Gasteiger partial charge in [-0.15, -0.1) is 0 Å². The molecule has 2 nitrogen and oxygen atoms in total. The van der Waals surface area contributed by atoms with Crippen LogP contribution in [0.4, 0.5) is 0 Å².